The van der Waals surface area contributed by atoms with Gasteiger partial charge in [0.15, 0.2) is 5.78 Å². The molecule has 6 heteroatoms. The Labute approximate surface area is 224 Å². The second-order valence-corrected chi connectivity index (χ2v) is 9.95. The topological polar surface area (TPSA) is 72.4 Å². The number of rotatable bonds is 3. The molecule has 0 amide bonds. The zero-order valence-corrected chi connectivity index (χ0v) is 20.5. The highest BCUT2D eigenvalue weighted by molar-refractivity contribution is 6.20. The third-order valence-corrected chi connectivity index (χ3v) is 7.57. The maximum absolute atomic E-state index is 14.1. The van der Waals surface area contributed by atoms with Crippen LogP contribution in [0.25, 0.3) is 10.9 Å². The zero-order valence-electron chi connectivity index (χ0n) is 28.5. The van der Waals surface area contributed by atoms with Crippen molar-refractivity contribution in [1.29, 1.82) is 5.26 Å². The molecule has 2 fully saturated rings. The first kappa shape index (κ1) is 15.9. The van der Waals surface area contributed by atoms with Gasteiger partial charge in [-0.2, -0.15) is 5.26 Å². The van der Waals surface area contributed by atoms with Crippen molar-refractivity contribution in [2.45, 2.75) is 51.3 Å². The third-order valence-electron chi connectivity index (χ3n) is 7.57. The standard InChI is InChI=1S/C30H34N4O2/c1-4-20-16-23-24(17-26(20)34-9-7-21(8-10-34)33-11-13-36-14-12-33)30(2,3)29-27(28(23)35)22-6-5-19(18-31)15-25(22)32-29/h5-6,15-17,21,32H,4,7-14H2,1-3H3/i1D,4D2,7D2,8D2,21D. The lowest BCUT2D eigenvalue weighted by atomic mass is 9.70. The van der Waals surface area contributed by atoms with E-state index in [1.807, 2.05) is 13.8 Å². The zero-order chi connectivity index (χ0) is 32.0. The number of carbonyl (C=O) groups is 1. The molecule has 3 heterocycles. The van der Waals surface area contributed by atoms with Crippen LogP contribution in [0.15, 0.2) is 30.3 Å². The molecular formula is C30H34N4O2. The maximum Gasteiger partial charge on any atom is 0.195 e. The number of nitriles is 1. The monoisotopic (exact) mass is 490 g/mol. The molecule has 1 aliphatic carbocycles. The average Bonchev–Trinajstić information content (AvgIpc) is 3.38. The minimum atomic E-state index is -2.39. The number of nitrogens with one attached hydrogen (secondary N) is 1. The SMILES string of the molecule is [2H]CC([2H])([2H])c1cc2c(cc1N1CC([2H])([2H])C([2H])(N3CCOCC3)C([2H])([2H])C1)C(C)(C)c1[nH]c3cc(C#N)ccc3c1C2=O. The molecule has 0 radical (unpaired) electrons. The molecule has 0 atom stereocenters. The molecule has 0 saturated carbocycles. The normalized spacial score (nSPS) is 27.6. The summed E-state index contributed by atoms with van der Waals surface area (Å²) in [5, 5.41) is 10.0. The first-order chi connectivity index (χ1) is 20.5. The Morgan fingerprint density at radius 2 is 2.03 bits per heavy atom. The van der Waals surface area contributed by atoms with Gasteiger partial charge in [-0.3, -0.25) is 9.69 Å². The van der Waals surface area contributed by atoms with Crippen molar-refractivity contribution in [3.8, 4) is 6.07 Å². The van der Waals surface area contributed by atoms with Crippen molar-refractivity contribution in [2.24, 2.45) is 0 Å². The summed E-state index contributed by atoms with van der Waals surface area (Å²) >= 11 is 0. The van der Waals surface area contributed by atoms with Crippen LogP contribution in [0.1, 0.15) is 82.8 Å². The molecule has 3 aliphatic rings. The molecule has 186 valence electrons. The Kier molecular flexibility index (Phi) is 3.86. The molecule has 6 nitrogen and oxygen atoms in total. The van der Waals surface area contributed by atoms with Gasteiger partial charge in [-0.25, -0.2) is 0 Å². The second-order valence-electron chi connectivity index (χ2n) is 9.95. The molecule has 2 aliphatic heterocycles. The summed E-state index contributed by atoms with van der Waals surface area (Å²) in [4.78, 5) is 20.4. The van der Waals surface area contributed by atoms with E-state index in [0.29, 0.717) is 33.3 Å². The Morgan fingerprint density at radius 1 is 1.25 bits per heavy atom. The van der Waals surface area contributed by atoms with E-state index in [9.17, 15) is 11.4 Å². The van der Waals surface area contributed by atoms with Gasteiger partial charge in [-0.15, -0.1) is 0 Å². The maximum atomic E-state index is 14.1. The molecule has 1 N–H and O–H groups in total. The summed E-state index contributed by atoms with van der Waals surface area (Å²) in [6.45, 7) is 3.35. The highest BCUT2D eigenvalue weighted by Gasteiger charge is 2.40. The van der Waals surface area contributed by atoms with E-state index >= 15 is 0 Å². The minimum absolute atomic E-state index is 0.000844. The summed E-state index contributed by atoms with van der Waals surface area (Å²) < 4.78 is 76.1. The van der Waals surface area contributed by atoms with Gasteiger partial charge in [0.1, 0.15) is 0 Å². The molecule has 2 aromatic carbocycles. The number of fused-ring (bicyclic) bond motifs is 4. The quantitative estimate of drug-likeness (QED) is 0.572. The molecular weight excluding hydrogens is 448 g/mol. The minimum Gasteiger partial charge on any atom is -0.379 e. The van der Waals surface area contributed by atoms with Gasteiger partial charge in [0, 0.05) is 76.4 Å². The summed E-state index contributed by atoms with van der Waals surface area (Å²) in [5.41, 5.74) is 2.32. The fourth-order valence-corrected chi connectivity index (χ4v) is 5.58. The van der Waals surface area contributed by atoms with Gasteiger partial charge in [0.2, 0.25) is 0 Å². The highest BCUT2D eigenvalue weighted by atomic mass is 16.5. The summed E-state index contributed by atoms with van der Waals surface area (Å²) in [5.74, 6) is -0.333. The molecule has 6 rings (SSSR count). The van der Waals surface area contributed by atoms with E-state index in [2.05, 4.69) is 11.1 Å². The number of aromatic amines is 1. The van der Waals surface area contributed by atoms with Gasteiger partial charge < -0.3 is 14.6 Å². The van der Waals surface area contributed by atoms with E-state index in [1.54, 1.807) is 24.3 Å². The Morgan fingerprint density at radius 3 is 2.75 bits per heavy atom. The number of hydrogen-bond donors (Lipinski definition) is 1. The van der Waals surface area contributed by atoms with Crippen molar-refractivity contribution in [2.75, 3.05) is 44.3 Å². The number of carbonyl (C=O) groups excluding carboxylic acids is 1. The summed E-state index contributed by atoms with van der Waals surface area (Å²) in [7, 11) is 0. The number of benzene rings is 2. The predicted octanol–water partition coefficient (Wildman–Crippen LogP) is 4.77. The number of ketones is 1. The molecule has 0 bridgehead atoms. The molecule has 3 aromatic rings. The largest absolute Gasteiger partial charge is 0.379 e. The van der Waals surface area contributed by atoms with Crippen LogP contribution >= 0.6 is 0 Å². The number of piperidine rings is 1. The number of H-pyrrole nitrogens is 1. The number of aryl methyl sites for hydroxylation is 1. The van der Waals surface area contributed by atoms with E-state index in [1.165, 1.54) is 15.9 Å². The van der Waals surface area contributed by atoms with Gasteiger partial charge in [-0.05, 0) is 54.5 Å². The second kappa shape index (κ2) is 8.76. The van der Waals surface area contributed by atoms with Crippen molar-refractivity contribution in [1.82, 2.24) is 9.88 Å². The van der Waals surface area contributed by atoms with Crippen molar-refractivity contribution in [3.63, 3.8) is 0 Å². The predicted molar refractivity (Wildman–Crippen MR) is 142 cm³/mol. The number of ether oxygens (including phenoxy) is 1. The third kappa shape index (κ3) is 3.56. The van der Waals surface area contributed by atoms with Crippen LogP contribution < -0.4 is 4.90 Å². The van der Waals surface area contributed by atoms with Crippen LogP contribution in [0.5, 0.6) is 0 Å². The van der Waals surface area contributed by atoms with Crippen LogP contribution in [-0.2, 0) is 16.5 Å². The van der Waals surface area contributed by atoms with E-state index in [-0.39, 0.29) is 48.9 Å². The lowest BCUT2D eigenvalue weighted by Gasteiger charge is -2.42. The van der Waals surface area contributed by atoms with E-state index in [0.717, 1.165) is 0 Å². The molecule has 2 saturated heterocycles. The van der Waals surface area contributed by atoms with Gasteiger partial charge in [0.05, 0.1) is 30.4 Å². The fourth-order valence-electron chi connectivity index (χ4n) is 5.58. The smallest absolute Gasteiger partial charge is 0.195 e. The molecule has 1 aromatic heterocycles. The van der Waals surface area contributed by atoms with Crippen LogP contribution in [0.3, 0.4) is 0 Å². The van der Waals surface area contributed by atoms with Crippen molar-refractivity contribution < 1.29 is 20.5 Å². The lowest BCUT2D eigenvalue weighted by Crippen LogP contribution is -2.49. The molecule has 0 unspecified atom stereocenters. The Balaban J connectivity index is 1.52. The number of nitrogens with zero attached hydrogens (tertiary/aromatic N) is 3. The van der Waals surface area contributed by atoms with Crippen molar-refractivity contribution >= 4 is 22.4 Å². The number of anilines is 1. The van der Waals surface area contributed by atoms with E-state index in [4.69, 9.17) is 14.3 Å². The van der Waals surface area contributed by atoms with Gasteiger partial charge >= 0.3 is 0 Å². The van der Waals surface area contributed by atoms with Gasteiger partial charge in [0.25, 0.3) is 0 Å². The van der Waals surface area contributed by atoms with Crippen molar-refractivity contribution in [3.05, 3.63) is 63.8 Å². The van der Waals surface area contributed by atoms with Crippen LogP contribution in [0.2, 0.25) is 0 Å². The number of aromatic nitrogens is 1. The average molecular weight is 491 g/mol. The Hall–Kier alpha value is -3.14. The summed E-state index contributed by atoms with van der Waals surface area (Å²) in [6.07, 6.45) is -7.02. The van der Waals surface area contributed by atoms with Crippen LogP contribution in [0.4, 0.5) is 5.69 Å². The number of hydrogen-bond acceptors (Lipinski definition) is 5. The Bertz CT molecular complexity index is 1700. The first-order valence-corrected chi connectivity index (χ1v) is 12.2. The van der Waals surface area contributed by atoms with E-state index < -0.39 is 50.5 Å². The molecule has 36 heavy (non-hydrogen) atoms. The lowest BCUT2D eigenvalue weighted by molar-refractivity contribution is 0.0115. The van der Waals surface area contributed by atoms with Crippen LogP contribution in [-0.4, -0.2) is 61.1 Å². The summed E-state index contributed by atoms with van der Waals surface area (Å²) in [6, 6.07) is 8.02. The molecule has 0 spiro atoms. The highest BCUT2D eigenvalue weighted by Crippen LogP contribution is 2.46. The number of morpholine rings is 1. The first-order valence-electron chi connectivity index (χ1n) is 16.4. The fraction of sp³-hybridized carbons (Fsp3) is 0.467. The van der Waals surface area contributed by atoms with Gasteiger partial charge in [-0.1, -0.05) is 26.8 Å². The van der Waals surface area contributed by atoms with Crippen LogP contribution in [0, 0.1) is 11.3 Å².